The first-order valence-electron chi connectivity index (χ1n) is 28.6. The minimum absolute atomic E-state index is 0.103. The molecule has 0 aromatic carbocycles. The SMILES string of the molecule is COC1C(O)[C@H](OC2C(O)[C@H](O[C@@H]3C(CO)O[C@@H](OC4C(O)[C@H](OS(=O)(=O)O)CO[C@H]4O[C@H]4CC[C@]5(C)C6CCC78C(=O)O[C@@](C)(CCC=C(C)C)[C@@]7(O)[C@@H](OC(C)=O)C[C@@]8(C)C6=CCC5C4(C)C)C(O)C3O)OC[C@H]2O)OC(CO)[C@H]1O. The summed E-state index contributed by atoms with van der Waals surface area (Å²) in [5.41, 5.74) is -4.71. The van der Waals surface area contributed by atoms with E-state index in [1.54, 1.807) is 6.92 Å². The molecule has 11 N–H and O–H groups in total. The number of carbonyl (C=O) groups excluding carboxylic acids is 2. The minimum Gasteiger partial charge on any atom is -0.459 e. The summed E-state index contributed by atoms with van der Waals surface area (Å²) in [4.78, 5) is 27.5. The Labute approximate surface area is 481 Å². The number of esters is 2. The zero-order chi connectivity index (χ0) is 60.9. The molecule has 3 saturated carbocycles. The molecule has 28 heteroatoms. The van der Waals surface area contributed by atoms with E-state index >= 15 is 0 Å². The summed E-state index contributed by atoms with van der Waals surface area (Å²) in [6, 6.07) is 0. The Kier molecular flexibility index (Phi) is 18.6. The standard InChI is InChI=1S/C55H86O27S/c1-24(2)11-10-16-53(8)55(67)34(74-25(3)58)19-52(7)27-12-13-32-50(4,5)33(15-17-51(32,6)26(27)14-18-54(52,55)49(66)81-53)77-48-44(36(61)31(23-73-48)82-83(68,69)70)80-46-38(63)37(62)42(30(21-57)76-46)79-45-39(64)41(28(59)22-72-45)78-47-40(65)43(71-9)35(60)29(20-56)75-47/h11-12,26,28-48,56-57,59-65,67H,10,13-23H2,1-9H3,(H,68,69,70)/t26?,28-,29?,30?,31-,32?,33+,34+,35-,36?,37?,38?,39?,40?,41?,42-,43?,44?,45+,46+,47+,48+,51-,52+,53+,54?,55+/m1/s1. The van der Waals surface area contributed by atoms with Crippen LogP contribution in [0.15, 0.2) is 23.3 Å². The largest absolute Gasteiger partial charge is 0.459 e. The van der Waals surface area contributed by atoms with Gasteiger partial charge in [-0.15, -0.1) is 0 Å². The predicted molar refractivity (Wildman–Crippen MR) is 279 cm³/mol. The first-order valence-corrected chi connectivity index (χ1v) is 29.9. The summed E-state index contributed by atoms with van der Waals surface area (Å²) in [7, 11) is -4.03. The molecule has 27 atom stereocenters. The third kappa shape index (κ3) is 10.9. The van der Waals surface area contributed by atoms with E-state index in [9.17, 15) is 73.6 Å². The number of carbonyl (C=O) groups is 2. The van der Waals surface area contributed by atoms with Gasteiger partial charge in [-0.2, -0.15) is 8.42 Å². The van der Waals surface area contributed by atoms with Crippen molar-refractivity contribution in [3.05, 3.63) is 23.3 Å². The normalized spacial score (nSPS) is 49.5. The van der Waals surface area contributed by atoms with Crippen molar-refractivity contribution in [1.29, 1.82) is 0 Å². The van der Waals surface area contributed by atoms with Crippen molar-refractivity contribution in [3.8, 4) is 0 Å². The average Bonchev–Trinajstić information content (AvgIpc) is 1.60. The molecule has 5 heterocycles. The Morgan fingerprint density at radius 1 is 0.735 bits per heavy atom. The maximum atomic E-state index is 14.7. The molecule has 13 unspecified atom stereocenters. The van der Waals surface area contributed by atoms with Gasteiger partial charge in [-0.25, -0.2) is 4.18 Å². The van der Waals surface area contributed by atoms with Crippen LogP contribution in [0.25, 0.3) is 0 Å². The van der Waals surface area contributed by atoms with Gasteiger partial charge in [0.2, 0.25) is 0 Å². The van der Waals surface area contributed by atoms with Crippen LogP contribution in [0.1, 0.15) is 107 Å². The second-order valence-electron chi connectivity index (χ2n) is 25.7. The Balaban J connectivity index is 0.925. The summed E-state index contributed by atoms with van der Waals surface area (Å²) in [6.07, 6.45) is -25.3. The maximum absolute atomic E-state index is 14.7. The summed E-state index contributed by atoms with van der Waals surface area (Å²) in [5, 5.41) is 112. The minimum atomic E-state index is -5.21. The Bertz CT molecular complexity index is 2530. The van der Waals surface area contributed by atoms with E-state index < -0.39 is 204 Å². The molecule has 0 amide bonds. The van der Waals surface area contributed by atoms with Crippen molar-refractivity contribution in [2.75, 3.05) is 33.5 Å². The molecule has 9 aliphatic rings. The van der Waals surface area contributed by atoms with E-state index in [1.165, 1.54) is 14.0 Å². The van der Waals surface area contributed by atoms with Crippen LogP contribution in [-0.2, 0) is 76.3 Å². The van der Waals surface area contributed by atoms with Gasteiger partial charge < -0.3 is 103 Å². The fourth-order valence-electron chi connectivity index (χ4n) is 16.3. The fraction of sp³-hybridized carbons (Fsp3) is 0.891. The summed E-state index contributed by atoms with van der Waals surface area (Å²) >= 11 is 0. The number of fused-ring (bicyclic) bond motifs is 4. The lowest BCUT2D eigenvalue weighted by Crippen LogP contribution is -2.66. The van der Waals surface area contributed by atoms with E-state index in [1.807, 2.05) is 40.7 Å². The van der Waals surface area contributed by atoms with Gasteiger partial charge in [-0.05, 0) is 94.8 Å². The van der Waals surface area contributed by atoms with Gasteiger partial charge in [-0.1, -0.05) is 51.0 Å². The molecule has 0 aromatic heterocycles. The van der Waals surface area contributed by atoms with E-state index in [0.717, 1.165) is 11.1 Å². The summed E-state index contributed by atoms with van der Waals surface area (Å²) in [6.45, 7) is 12.3. The van der Waals surface area contributed by atoms with E-state index in [0.29, 0.717) is 38.5 Å². The van der Waals surface area contributed by atoms with Crippen LogP contribution in [-0.4, -0.2) is 244 Å². The Hall–Kier alpha value is -2.47. The lowest BCUT2D eigenvalue weighted by molar-refractivity contribution is -0.385. The van der Waals surface area contributed by atoms with Crippen LogP contribution in [0.5, 0.6) is 0 Å². The number of ether oxygens (including phenoxy) is 11. The van der Waals surface area contributed by atoms with Gasteiger partial charge in [0, 0.05) is 19.4 Å². The van der Waals surface area contributed by atoms with Crippen molar-refractivity contribution in [1.82, 2.24) is 0 Å². The van der Waals surface area contributed by atoms with Crippen molar-refractivity contribution in [2.24, 2.45) is 33.5 Å². The van der Waals surface area contributed by atoms with Crippen LogP contribution in [0, 0.1) is 33.5 Å². The molecule has 0 aromatic rings. The van der Waals surface area contributed by atoms with Gasteiger partial charge in [0.05, 0.1) is 32.5 Å². The van der Waals surface area contributed by atoms with Crippen LogP contribution in [0.3, 0.4) is 0 Å². The molecular weight excluding hydrogens is 1120 g/mol. The number of rotatable bonds is 17. The van der Waals surface area contributed by atoms with Crippen molar-refractivity contribution < 1.29 is 130 Å². The van der Waals surface area contributed by atoms with E-state index in [2.05, 4.69) is 13.0 Å². The first kappa shape index (κ1) is 65.0. The third-order valence-corrected chi connectivity index (χ3v) is 20.9. The van der Waals surface area contributed by atoms with Crippen LogP contribution < -0.4 is 0 Å². The van der Waals surface area contributed by atoms with Crippen molar-refractivity contribution in [3.63, 3.8) is 0 Å². The molecule has 4 aliphatic carbocycles. The highest BCUT2D eigenvalue weighted by molar-refractivity contribution is 7.80. The number of aliphatic hydroxyl groups excluding tert-OH is 9. The lowest BCUT2D eigenvalue weighted by Gasteiger charge is -2.64. The molecular formula is C55H86O27S. The van der Waals surface area contributed by atoms with Crippen LogP contribution in [0.4, 0.5) is 0 Å². The third-order valence-electron chi connectivity index (χ3n) is 20.4. The van der Waals surface area contributed by atoms with Crippen molar-refractivity contribution in [2.45, 2.75) is 241 Å². The molecule has 5 saturated heterocycles. The van der Waals surface area contributed by atoms with Crippen LogP contribution in [0.2, 0.25) is 0 Å². The number of methoxy groups -OCH3 is 1. The van der Waals surface area contributed by atoms with Gasteiger partial charge in [0.25, 0.3) is 0 Å². The first-order chi connectivity index (χ1) is 38.8. The number of cyclic esters (lactones) is 1. The van der Waals surface area contributed by atoms with Gasteiger partial charge in [0.1, 0.15) is 103 Å². The topological polar surface area (TPSA) is 402 Å². The van der Waals surface area contributed by atoms with E-state index in [-0.39, 0.29) is 24.7 Å². The van der Waals surface area contributed by atoms with Crippen LogP contribution >= 0.6 is 0 Å². The lowest BCUT2D eigenvalue weighted by atomic mass is 9.40. The van der Waals surface area contributed by atoms with Crippen molar-refractivity contribution >= 4 is 22.3 Å². The number of allylic oxidation sites excluding steroid dienone is 4. The van der Waals surface area contributed by atoms with Gasteiger partial charge in [0.15, 0.2) is 30.8 Å². The Morgan fingerprint density at radius 2 is 1.36 bits per heavy atom. The predicted octanol–water partition coefficient (Wildman–Crippen LogP) is -1.29. The highest BCUT2D eigenvalue weighted by atomic mass is 32.3. The zero-order valence-corrected chi connectivity index (χ0v) is 49.0. The average molecular weight is 1210 g/mol. The molecule has 474 valence electrons. The molecule has 1 spiro atoms. The smallest absolute Gasteiger partial charge is 0.397 e. The highest BCUT2D eigenvalue weighted by Gasteiger charge is 2.87. The second kappa shape index (κ2) is 23.8. The monoisotopic (exact) mass is 1210 g/mol. The highest BCUT2D eigenvalue weighted by Crippen LogP contribution is 2.78. The molecule has 27 nitrogen and oxygen atoms in total. The quantitative estimate of drug-likeness (QED) is 0.0458. The molecule has 0 radical (unpaired) electrons. The summed E-state index contributed by atoms with van der Waals surface area (Å²) in [5.74, 6) is -1.31. The second-order valence-corrected chi connectivity index (χ2v) is 26.8. The molecule has 5 aliphatic heterocycles. The zero-order valence-electron chi connectivity index (χ0n) is 48.2. The molecule has 8 fully saturated rings. The van der Waals surface area contributed by atoms with Gasteiger partial charge in [-0.3, -0.25) is 14.1 Å². The fourth-order valence-corrected chi connectivity index (χ4v) is 16.8. The molecule has 83 heavy (non-hydrogen) atoms. The summed E-state index contributed by atoms with van der Waals surface area (Å²) < 4.78 is 104. The molecule has 9 rings (SSSR count). The Morgan fingerprint density at radius 3 is 2.00 bits per heavy atom. The van der Waals surface area contributed by atoms with E-state index in [4.69, 9.17) is 56.3 Å². The number of hydrogen-bond acceptors (Lipinski definition) is 26. The number of hydrogen-bond donors (Lipinski definition) is 11. The number of aliphatic hydroxyl groups is 10. The molecule has 0 bridgehead atoms. The maximum Gasteiger partial charge on any atom is 0.397 e. The van der Waals surface area contributed by atoms with Gasteiger partial charge >= 0.3 is 22.3 Å².